The second-order valence-electron chi connectivity index (χ2n) is 4.54. The van der Waals surface area contributed by atoms with Crippen LogP contribution in [0.3, 0.4) is 0 Å². The van der Waals surface area contributed by atoms with Crippen LogP contribution in [0.2, 0.25) is 5.02 Å². The second-order valence-corrected chi connectivity index (χ2v) is 6.03. The molecule has 1 aromatic heterocycles. The van der Waals surface area contributed by atoms with Gasteiger partial charge in [-0.15, -0.1) is 11.3 Å². The van der Waals surface area contributed by atoms with Gasteiger partial charge >= 0.3 is 0 Å². The Labute approximate surface area is 110 Å². The maximum atomic E-state index is 6.34. The topological polar surface area (TPSA) is 3.24 Å². The highest BCUT2D eigenvalue weighted by atomic mass is 35.5. The fraction of sp³-hybridized carbons (Fsp3) is 0.286. The summed E-state index contributed by atoms with van der Waals surface area (Å²) in [5.74, 6) is 0. The molecule has 1 aromatic carbocycles. The van der Waals surface area contributed by atoms with Gasteiger partial charge in [0.25, 0.3) is 0 Å². The summed E-state index contributed by atoms with van der Waals surface area (Å²) in [5, 5.41) is 2.28. The number of halogens is 1. The van der Waals surface area contributed by atoms with E-state index in [9.17, 15) is 0 Å². The monoisotopic (exact) mass is 265 g/mol. The SMILES string of the molecule is C=C[14c]1sc2ccc(Cl)c3c2c1CN(C)CC3. The van der Waals surface area contributed by atoms with Crippen molar-refractivity contribution in [2.24, 2.45) is 0 Å². The molecule has 2 heterocycles. The maximum Gasteiger partial charge on any atom is 0.0445 e. The number of rotatable bonds is 1. The summed E-state index contributed by atoms with van der Waals surface area (Å²) in [7, 11) is 2.16. The van der Waals surface area contributed by atoms with Gasteiger partial charge in [0.05, 0.1) is 0 Å². The summed E-state index contributed by atoms with van der Waals surface area (Å²) in [6, 6.07) is 4.16. The van der Waals surface area contributed by atoms with Crippen molar-refractivity contribution in [2.45, 2.75) is 13.0 Å². The summed E-state index contributed by atoms with van der Waals surface area (Å²) >= 11 is 8.16. The molecule has 2 aromatic rings. The van der Waals surface area contributed by atoms with Crippen LogP contribution in [-0.4, -0.2) is 18.5 Å². The van der Waals surface area contributed by atoms with Crippen molar-refractivity contribution in [2.75, 3.05) is 13.6 Å². The summed E-state index contributed by atoms with van der Waals surface area (Å²) < 4.78 is 1.34. The van der Waals surface area contributed by atoms with Crippen LogP contribution in [0.25, 0.3) is 16.2 Å². The van der Waals surface area contributed by atoms with Gasteiger partial charge in [-0.05, 0) is 36.7 Å². The number of benzene rings is 1. The molecular weight excluding hydrogens is 252 g/mol. The van der Waals surface area contributed by atoms with E-state index in [1.165, 1.54) is 26.1 Å². The number of nitrogens with zero attached hydrogens (tertiary/aromatic N) is 1. The molecular formula is C14H14ClNS. The normalized spacial score (nSPS) is 16.1. The lowest BCUT2D eigenvalue weighted by Crippen LogP contribution is -2.18. The fourth-order valence-electron chi connectivity index (χ4n) is 2.54. The molecule has 1 aliphatic rings. The van der Waals surface area contributed by atoms with Gasteiger partial charge in [-0.1, -0.05) is 24.3 Å². The molecule has 88 valence electrons. The molecule has 0 saturated carbocycles. The average Bonchev–Trinajstić information content (AvgIpc) is 2.56. The van der Waals surface area contributed by atoms with E-state index < -0.39 is 0 Å². The predicted octanol–water partition coefficient (Wildman–Crippen LogP) is 4.19. The predicted molar refractivity (Wildman–Crippen MR) is 77.0 cm³/mol. The van der Waals surface area contributed by atoms with Crippen molar-refractivity contribution in [3.8, 4) is 0 Å². The highest BCUT2D eigenvalue weighted by Crippen LogP contribution is 2.39. The fourth-order valence-corrected chi connectivity index (χ4v) is 3.88. The molecule has 0 N–H and O–H groups in total. The number of likely N-dealkylation sites (N-methyl/N-ethyl adjacent to an activating group) is 1. The van der Waals surface area contributed by atoms with Crippen LogP contribution in [0.4, 0.5) is 0 Å². The minimum Gasteiger partial charge on any atom is -0.302 e. The summed E-state index contributed by atoms with van der Waals surface area (Å²) in [4.78, 5) is 3.64. The van der Waals surface area contributed by atoms with Gasteiger partial charge in [-0.2, -0.15) is 0 Å². The van der Waals surface area contributed by atoms with Gasteiger partial charge in [0.15, 0.2) is 0 Å². The lowest BCUT2D eigenvalue weighted by molar-refractivity contribution is 0.337. The quantitative estimate of drug-likeness (QED) is 0.748. The molecule has 0 atom stereocenters. The Bertz CT molecular complexity index is 600. The van der Waals surface area contributed by atoms with Crippen LogP contribution in [0.15, 0.2) is 18.7 Å². The van der Waals surface area contributed by atoms with Crippen LogP contribution in [0, 0.1) is 0 Å². The molecule has 0 aliphatic carbocycles. The van der Waals surface area contributed by atoms with E-state index in [-0.39, 0.29) is 0 Å². The molecule has 0 spiro atoms. The first-order chi connectivity index (χ1) is 8.20. The standard InChI is InChI=1S/C14H14ClNS/c1-3-12-10-8-16(2)7-6-9-11(15)4-5-13(17-12)14(9)10/h3-5H,1,6-8H2,2H3/i12+2. The van der Waals surface area contributed by atoms with Gasteiger partial charge in [0, 0.05) is 33.1 Å². The van der Waals surface area contributed by atoms with Gasteiger partial charge in [-0.3, -0.25) is 0 Å². The summed E-state index contributed by atoms with van der Waals surface area (Å²) in [6.45, 7) is 5.98. The van der Waals surface area contributed by atoms with Crippen molar-refractivity contribution in [3.05, 3.63) is 39.7 Å². The Hall–Kier alpha value is -0.830. The van der Waals surface area contributed by atoms with Crippen molar-refractivity contribution < 1.29 is 0 Å². The molecule has 3 heteroatoms. The Morgan fingerprint density at radius 3 is 3.12 bits per heavy atom. The molecule has 17 heavy (non-hydrogen) atoms. The van der Waals surface area contributed by atoms with E-state index in [0.29, 0.717) is 0 Å². The van der Waals surface area contributed by atoms with Crippen LogP contribution in [0.5, 0.6) is 0 Å². The van der Waals surface area contributed by atoms with E-state index in [4.69, 9.17) is 11.6 Å². The molecule has 0 fully saturated rings. The minimum atomic E-state index is 0.905. The zero-order valence-corrected chi connectivity index (χ0v) is 11.4. The summed E-state index contributed by atoms with van der Waals surface area (Å²) in [6.07, 6.45) is 3.00. The molecule has 0 bridgehead atoms. The third kappa shape index (κ3) is 1.71. The third-order valence-corrected chi connectivity index (χ3v) is 4.94. The first-order valence-corrected chi connectivity index (χ1v) is 6.94. The van der Waals surface area contributed by atoms with E-state index in [2.05, 4.69) is 24.6 Å². The van der Waals surface area contributed by atoms with Crippen molar-refractivity contribution in [3.63, 3.8) is 0 Å². The Balaban J connectivity index is 2.39. The van der Waals surface area contributed by atoms with Crippen LogP contribution < -0.4 is 0 Å². The molecule has 1 nitrogen and oxygen atoms in total. The van der Waals surface area contributed by atoms with Crippen molar-refractivity contribution in [1.29, 1.82) is 0 Å². The van der Waals surface area contributed by atoms with Crippen LogP contribution in [0.1, 0.15) is 16.0 Å². The van der Waals surface area contributed by atoms with E-state index in [0.717, 1.165) is 24.5 Å². The molecule has 0 radical (unpaired) electrons. The average molecular weight is 266 g/mol. The third-order valence-electron chi connectivity index (χ3n) is 3.39. The molecule has 3 rings (SSSR count). The first kappa shape index (κ1) is 11.3. The zero-order chi connectivity index (χ0) is 12.0. The Kier molecular flexibility index (Phi) is 2.74. The Morgan fingerprint density at radius 1 is 1.53 bits per heavy atom. The number of thiophene rings is 1. The zero-order valence-electron chi connectivity index (χ0n) is 9.79. The van der Waals surface area contributed by atoms with Gasteiger partial charge in [0.2, 0.25) is 0 Å². The lowest BCUT2D eigenvalue weighted by atomic mass is 10.1. The molecule has 1 aliphatic heterocycles. The Morgan fingerprint density at radius 2 is 2.35 bits per heavy atom. The van der Waals surface area contributed by atoms with Gasteiger partial charge in [-0.25, -0.2) is 0 Å². The molecule has 0 unspecified atom stereocenters. The highest BCUT2D eigenvalue weighted by molar-refractivity contribution is 7.20. The van der Waals surface area contributed by atoms with Crippen LogP contribution in [-0.2, 0) is 13.0 Å². The van der Waals surface area contributed by atoms with Crippen molar-refractivity contribution in [1.82, 2.24) is 4.90 Å². The number of hydrogen-bond acceptors (Lipinski definition) is 2. The van der Waals surface area contributed by atoms with E-state index in [1.807, 2.05) is 23.5 Å². The maximum absolute atomic E-state index is 6.34. The van der Waals surface area contributed by atoms with Crippen molar-refractivity contribution >= 4 is 39.1 Å². The van der Waals surface area contributed by atoms with E-state index >= 15 is 0 Å². The van der Waals surface area contributed by atoms with E-state index in [1.54, 1.807) is 0 Å². The largest absolute Gasteiger partial charge is 0.302 e. The number of hydrogen-bond donors (Lipinski definition) is 0. The molecule has 0 amide bonds. The van der Waals surface area contributed by atoms with Gasteiger partial charge < -0.3 is 4.90 Å². The minimum absolute atomic E-state index is 0.905. The summed E-state index contributed by atoms with van der Waals surface area (Å²) in [5.41, 5.74) is 2.71. The first-order valence-electron chi connectivity index (χ1n) is 5.74. The van der Waals surface area contributed by atoms with Gasteiger partial charge in [0.1, 0.15) is 0 Å². The smallest absolute Gasteiger partial charge is 0.0445 e. The highest BCUT2D eigenvalue weighted by Gasteiger charge is 2.20. The van der Waals surface area contributed by atoms with Crippen LogP contribution >= 0.6 is 22.9 Å². The lowest BCUT2D eigenvalue weighted by Gasteiger charge is -2.13. The molecule has 0 saturated heterocycles. The second kappa shape index (κ2) is 4.13.